The molecule has 2 atom stereocenters. The number of nitrogens with zero attached hydrogens (tertiary/aromatic N) is 3. The summed E-state index contributed by atoms with van der Waals surface area (Å²) in [5.74, 6) is 0.334. The van der Waals surface area contributed by atoms with Crippen LogP contribution in [-0.2, 0) is 9.53 Å². The van der Waals surface area contributed by atoms with Crippen LogP contribution in [0, 0.1) is 16.7 Å². The summed E-state index contributed by atoms with van der Waals surface area (Å²) in [5, 5.41) is 24.9. The highest BCUT2D eigenvalue weighted by Gasteiger charge is 2.33. The molecule has 36 heavy (non-hydrogen) atoms. The van der Waals surface area contributed by atoms with Crippen LogP contribution in [0.25, 0.3) is 10.9 Å². The second-order valence-electron chi connectivity index (χ2n) is 8.83. The number of aromatic nitrogens is 1. The molecule has 10 heteroatoms. The number of anilines is 2. The molecule has 0 radical (unpaired) electrons. The van der Waals surface area contributed by atoms with E-state index in [1.165, 1.54) is 11.8 Å². The van der Waals surface area contributed by atoms with Gasteiger partial charge in [-0.25, -0.2) is 4.79 Å². The van der Waals surface area contributed by atoms with Gasteiger partial charge in [-0.3, -0.25) is 14.7 Å². The van der Waals surface area contributed by atoms with Gasteiger partial charge >= 0.3 is 6.09 Å². The molecule has 9 nitrogen and oxygen atoms in total. The van der Waals surface area contributed by atoms with Gasteiger partial charge in [0.05, 0.1) is 35.1 Å². The minimum absolute atomic E-state index is 0.0383. The Balaban J connectivity index is 1.19. The highest BCUT2D eigenvalue weighted by molar-refractivity contribution is 8.00. The first-order valence-electron chi connectivity index (χ1n) is 11.6. The molecule has 5 rings (SSSR count). The topological polar surface area (TPSA) is 131 Å². The number of ether oxygens (including phenoxy) is 1. The first-order valence-corrected chi connectivity index (χ1v) is 12.5. The molecule has 3 aromatic rings. The van der Waals surface area contributed by atoms with Gasteiger partial charge in [-0.05, 0) is 49.4 Å². The molecule has 0 aliphatic carbocycles. The summed E-state index contributed by atoms with van der Waals surface area (Å²) in [4.78, 5) is 31.1. The van der Waals surface area contributed by atoms with Crippen molar-refractivity contribution >= 4 is 51.8 Å². The van der Waals surface area contributed by atoms with E-state index >= 15 is 0 Å². The number of hydrogen-bond acceptors (Lipinski definition) is 8. The molecule has 1 aromatic heterocycles. The minimum Gasteiger partial charge on any atom is -0.443 e. The Kier molecular flexibility index (Phi) is 6.59. The van der Waals surface area contributed by atoms with E-state index in [0.717, 1.165) is 21.4 Å². The highest BCUT2D eigenvalue weighted by atomic mass is 32.2. The second kappa shape index (κ2) is 9.97. The maximum absolute atomic E-state index is 12.5. The summed E-state index contributed by atoms with van der Waals surface area (Å²) in [6.07, 6.45) is 1.37. The Morgan fingerprint density at radius 2 is 2.19 bits per heavy atom. The SMILES string of the molecule is C[C@H](CC(=N)c1ccnc2ccc(C#N)cc12)NC[C@@H]1CN(c2ccc3c(c2)NC(=O)CS3)C(=O)O1. The van der Waals surface area contributed by atoms with Gasteiger partial charge in [0.1, 0.15) is 6.10 Å². The molecular formula is C26H24N6O3S. The molecular weight excluding hydrogens is 476 g/mol. The fourth-order valence-electron chi connectivity index (χ4n) is 4.38. The summed E-state index contributed by atoms with van der Waals surface area (Å²) in [7, 11) is 0. The van der Waals surface area contributed by atoms with Crippen molar-refractivity contribution in [3.63, 3.8) is 0 Å². The quantitative estimate of drug-likeness (QED) is 0.419. The van der Waals surface area contributed by atoms with Crippen molar-refractivity contribution in [3.8, 4) is 6.07 Å². The maximum atomic E-state index is 12.5. The van der Waals surface area contributed by atoms with Crippen LogP contribution in [0.2, 0.25) is 0 Å². The molecule has 1 fully saturated rings. The lowest BCUT2D eigenvalue weighted by Gasteiger charge is -2.20. The molecule has 0 spiro atoms. The van der Waals surface area contributed by atoms with Crippen LogP contribution in [0.3, 0.4) is 0 Å². The molecule has 2 aliphatic rings. The van der Waals surface area contributed by atoms with Crippen molar-refractivity contribution in [1.82, 2.24) is 10.3 Å². The number of rotatable bonds is 7. The first-order chi connectivity index (χ1) is 17.4. The Labute approximate surface area is 212 Å². The van der Waals surface area contributed by atoms with Crippen LogP contribution in [0.5, 0.6) is 0 Å². The molecule has 2 aromatic carbocycles. The van der Waals surface area contributed by atoms with Crippen molar-refractivity contribution in [2.24, 2.45) is 0 Å². The van der Waals surface area contributed by atoms with Crippen molar-refractivity contribution in [2.45, 2.75) is 30.4 Å². The van der Waals surface area contributed by atoms with Crippen molar-refractivity contribution in [2.75, 3.05) is 29.1 Å². The van der Waals surface area contributed by atoms with Gasteiger partial charge in [0.15, 0.2) is 0 Å². The van der Waals surface area contributed by atoms with E-state index in [9.17, 15) is 14.9 Å². The van der Waals surface area contributed by atoms with E-state index in [-0.39, 0.29) is 18.1 Å². The number of carbonyl (C=O) groups excluding carboxylic acids is 2. The standard InChI is InChI=1S/C26H24N6O3S/c1-15(8-21(28)19-6-7-29-22-4-2-16(11-27)9-20(19)22)30-12-18-13-32(26(34)35-18)17-3-5-24-23(10-17)31-25(33)14-36-24/h2-7,9-10,15,18,28,30H,8,12-14H2,1H3,(H,31,33)/t15-,18-/m1/s1. The molecule has 182 valence electrons. The Bertz CT molecular complexity index is 1420. The summed E-state index contributed by atoms with van der Waals surface area (Å²) in [5.41, 5.74) is 3.86. The van der Waals surface area contributed by atoms with Crippen molar-refractivity contribution in [1.29, 1.82) is 10.7 Å². The average molecular weight is 501 g/mol. The molecule has 3 heterocycles. The summed E-state index contributed by atoms with van der Waals surface area (Å²) < 4.78 is 5.56. The third kappa shape index (κ3) is 4.89. The Morgan fingerprint density at radius 1 is 1.33 bits per heavy atom. The zero-order chi connectivity index (χ0) is 25.2. The maximum Gasteiger partial charge on any atom is 0.414 e. The highest BCUT2D eigenvalue weighted by Crippen LogP contribution is 2.35. The molecule has 2 aliphatic heterocycles. The monoisotopic (exact) mass is 500 g/mol. The summed E-state index contributed by atoms with van der Waals surface area (Å²) >= 11 is 1.47. The van der Waals surface area contributed by atoms with Gasteiger partial charge in [0.2, 0.25) is 5.91 Å². The van der Waals surface area contributed by atoms with Gasteiger partial charge in [0, 0.05) is 52.4 Å². The predicted octanol–water partition coefficient (Wildman–Crippen LogP) is 3.91. The second-order valence-corrected chi connectivity index (χ2v) is 9.85. The minimum atomic E-state index is -0.423. The number of pyridine rings is 1. The summed E-state index contributed by atoms with van der Waals surface area (Å²) in [6.45, 7) is 2.82. The van der Waals surface area contributed by atoms with Crippen LogP contribution in [0.15, 0.2) is 53.6 Å². The van der Waals surface area contributed by atoms with Crippen LogP contribution in [-0.4, -0.2) is 53.7 Å². The molecule has 3 N–H and O–H groups in total. The van der Waals surface area contributed by atoms with Gasteiger partial charge in [-0.2, -0.15) is 5.26 Å². The van der Waals surface area contributed by atoms with Crippen LogP contribution in [0.4, 0.5) is 16.2 Å². The lowest BCUT2D eigenvalue weighted by Crippen LogP contribution is -2.37. The Hall–Kier alpha value is -3.94. The van der Waals surface area contributed by atoms with Crippen LogP contribution in [0.1, 0.15) is 24.5 Å². The van der Waals surface area contributed by atoms with Crippen molar-refractivity contribution < 1.29 is 14.3 Å². The van der Waals surface area contributed by atoms with Crippen molar-refractivity contribution in [3.05, 3.63) is 59.8 Å². The molecule has 2 amide bonds. The normalized spacial score (nSPS) is 17.8. The smallest absolute Gasteiger partial charge is 0.414 e. The number of fused-ring (bicyclic) bond motifs is 2. The lowest BCUT2D eigenvalue weighted by molar-refractivity contribution is -0.113. The van der Waals surface area contributed by atoms with Gasteiger partial charge in [-0.1, -0.05) is 0 Å². The zero-order valence-corrected chi connectivity index (χ0v) is 20.4. The number of cyclic esters (lactones) is 1. The molecule has 0 saturated carbocycles. The molecule has 1 saturated heterocycles. The van der Waals surface area contributed by atoms with E-state index < -0.39 is 6.09 Å². The lowest BCUT2D eigenvalue weighted by atomic mass is 9.99. The molecule has 0 bridgehead atoms. The fourth-order valence-corrected chi connectivity index (χ4v) is 5.17. The fraction of sp³-hybridized carbons (Fsp3) is 0.269. The number of benzene rings is 2. The van der Waals surface area contributed by atoms with Gasteiger partial charge in [0.25, 0.3) is 0 Å². The third-order valence-corrected chi connectivity index (χ3v) is 7.26. The number of amides is 2. The van der Waals surface area contributed by atoms with E-state index in [1.807, 2.05) is 19.1 Å². The number of thioether (sulfide) groups is 1. The van der Waals surface area contributed by atoms with E-state index in [2.05, 4.69) is 21.7 Å². The first kappa shape index (κ1) is 23.8. The largest absolute Gasteiger partial charge is 0.443 e. The zero-order valence-electron chi connectivity index (χ0n) is 19.6. The predicted molar refractivity (Wildman–Crippen MR) is 139 cm³/mol. The van der Waals surface area contributed by atoms with E-state index in [1.54, 1.807) is 41.4 Å². The average Bonchev–Trinajstić information content (AvgIpc) is 3.26. The molecule has 0 unspecified atom stereocenters. The Morgan fingerprint density at radius 3 is 3.03 bits per heavy atom. The van der Waals surface area contributed by atoms with E-state index in [4.69, 9.17) is 10.1 Å². The van der Waals surface area contributed by atoms with Crippen LogP contribution < -0.4 is 15.5 Å². The number of hydrogen-bond donors (Lipinski definition) is 3. The van der Waals surface area contributed by atoms with E-state index in [0.29, 0.717) is 47.9 Å². The van der Waals surface area contributed by atoms with Crippen LogP contribution >= 0.6 is 11.8 Å². The van der Waals surface area contributed by atoms with Gasteiger partial charge < -0.3 is 20.8 Å². The van der Waals surface area contributed by atoms with Gasteiger partial charge in [-0.15, -0.1) is 11.8 Å². The third-order valence-electron chi connectivity index (χ3n) is 6.18. The number of nitrogens with one attached hydrogen (secondary N) is 3. The number of nitriles is 1. The summed E-state index contributed by atoms with van der Waals surface area (Å²) in [6, 6.07) is 14.8. The number of carbonyl (C=O) groups is 2.